The second-order valence-electron chi connectivity index (χ2n) is 8.43. The molecule has 1 atom stereocenters. The zero-order valence-electron chi connectivity index (χ0n) is 17.3. The minimum atomic E-state index is -0.685. The molecule has 5 rings (SSSR count). The quantitative estimate of drug-likeness (QED) is 0.664. The fourth-order valence-electron chi connectivity index (χ4n) is 4.87. The predicted molar refractivity (Wildman–Crippen MR) is 119 cm³/mol. The molecule has 4 nitrogen and oxygen atoms in total. The van der Waals surface area contributed by atoms with E-state index in [0.29, 0.717) is 17.9 Å². The average Bonchev–Trinajstić information content (AvgIpc) is 3.50. The number of fused-ring (bicyclic) bond motifs is 2. The number of nitrogens with zero attached hydrogens (tertiary/aromatic N) is 3. The highest BCUT2D eigenvalue weighted by molar-refractivity contribution is 8.15. The summed E-state index contributed by atoms with van der Waals surface area (Å²) in [6, 6.07) is 11.4. The second-order valence-corrected chi connectivity index (χ2v) is 9.70. The van der Waals surface area contributed by atoms with Crippen LogP contribution in [0.1, 0.15) is 48.8 Å². The molecule has 3 aliphatic rings. The van der Waals surface area contributed by atoms with Crippen molar-refractivity contribution in [3.63, 3.8) is 0 Å². The van der Waals surface area contributed by atoms with Gasteiger partial charge < -0.3 is 4.90 Å². The lowest BCUT2D eigenvalue weighted by molar-refractivity contribution is -0.134. The van der Waals surface area contributed by atoms with Gasteiger partial charge in [-0.15, -0.1) is 0 Å². The van der Waals surface area contributed by atoms with Crippen LogP contribution < -0.4 is 0 Å². The number of carbonyl (C=O) groups excluding carboxylic acids is 1. The van der Waals surface area contributed by atoms with Crippen molar-refractivity contribution in [2.45, 2.75) is 43.4 Å². The standard InChI is InChI=1S/C24H25F2N3OS/c25-18-9-10-21(26)19(16-18)23-27-29(22(30)8-5-15-28-13-3-4-14-28)24(31-23)12-11-17-6-1-2-7-20(17)24/h1-2,6-7,9-10,16H,3-5,8,11-15H2. The Hall–Kier alpha value is -2.25. The molecule has 162 valence electrons. The van der Waals surface area contributed by atoms with Crippen molar-refractivity contribution in [1.82, 2.24) is 9.91 Å². The Balaban J connectivity index is 1.45. The molecule has 2 aromatic carbocycles. The lowest BCUT2D eigenvalue weighted by atomic mass is 10.1. The number of carbonyl (C=O) groups is 1. The number of amides is 1. The Morgan fingerprint density at radius 2 is 1.94 bits per heavy atom. The highest BCUT2D eigenvalue weighted by Gasteiger charge is 2.52. The molecule has 1 fully saturated rings. The van der Waals surface area contributed by atoms with E-state index in [1.54, 1.807) is 5.01 Å². The lowest BCUT2D eigenvalue weighted by Crippen LogP contribution is -2.40. The Labute approximate surface area is 185 Å². The number of benzene rings is 2. The van der Waals surface area contributed by atoms with Crippen LogP contribution in [0.5, 0.6) is 0 Å². The fraction of sp³-hybridized carbons (Fsp3) is 0.417. The molecule has 0 saturated carbocycles. The number of rotatable bonds is 5. The zero-order valence-corrected chi connectivity index (χ0v) is 18.1. The van der Waals surface area contributed by atoms with E-state index in [9.17, 15) is 13.6 Å². The molecule has 0 bridgehead atoms. The average molecular weight is 442 g/mol. The summed E-state index contributed by atoms with van der Waals surface area (Å²) in [4.78, 5) is 15.0. The first-order valence-corrected chi connectivity index (χ1v) is 11.8. The summed E-state index contributed by atoms with van der Waals surface area (Å²) in [5.41, 5.74) is 2.34. The van der Waals surface area contributed by atoms with E-state index < -0.39 is 16.5 Å². The Morgan fingerprint density at radius 3 is 2.77 bits per heavy atom. The van der Waals surface area contributed by atoms with Gasteiger partial charge in [-0.2, -0.15) is 5.10 Å². The van der Waals surface area contributed by atoms with Crippen molar-refractivity contribution < 1.29 is 13.6 Å². The number of likely N-dealkylation sites (tertiary alicyclic amines) is 1. The third kappa shape index (κ3) is 3.78. The smallest absolute Gasteiger partial charge is 0.244 e. The molecule has 31 heavy (non-hydrogen) atoms. The molecule has 1 amide bonds. The van der Waals surface area contributed by atoms with Crippen LogP contribution >= 0.6 is 11.8 Å². The van der Waals surface area contributed by atoms with E-state index in [-0.39, 0.29) is 11.5 Å². The van der Waals surface area contributed by atoms with E-state index in [2.05, 4.69) is 16.1 Å². The van der Waals surface area contributed by atoms with Crippen LogP contribution in [0.2, 0.25) is 0 Å². The molecule has 0 aromatic heterocycles. The van der Waals surface area contributed by atoms with Gasteiger partial charge in [-0.05, 0) is 81.1 Å². The van der Waals surface area contributed by atoms with Crippen molar-refractivity contribution in [2.24, 2.45) is 5.10 Å². The van der Waals surface area contributed by atoms with Gasteiger partial charge in [0.15, 0.2) is 0 Å². The summed E-state index contributed by atoms with van der Waals surface area (Å²) in [6.07, 6.45) is 5.15. The van der Waals surface area contributed by atoms with Crippen LogP contribution in [0.15, 0.2) is 47.6 Å². The molecular weight excluding hydrogens is 416 g/mol. The molecule has 2 aromatic rings. The van der Waals surface area contributed by atoms with Gasteiger partial charge in [-0.3, -0.25) is 4.79 Å². The topological polar surface area (TPSA) is 35.9 Å². The monoisotopic (exact) mass is 441 g/mol. The second kappa shape index (κ2) is 8.36. The molecule has 2 aliphatic heterocycles. The van der Waals surface area contributed by atoms with Crippen LogP contribution in [-0.4, -0.2) is 40.5 Å². The molecule has 0 N–H and O–H groups in total. The van der Waals surface area contributed by atoms with Gasteiger partial charge in [0.05, 0.1) is 0 Å². The number of hydrazone groups is 1. The maximum atomic E-state index is 14.5. The molecule has 1 aliphatic carbocycles. The lowest BCUT2D eigenvalue weighted by Gasteiger charge is -2.32. The van der Waals surface area contributed by atoms with Crippen LogP contribution in [0.4, 0.5) is 8.78 Å². The Kier molecular flexibility index (Phi) is 5.56. The number of hydrogen-bond donors (Lipinski definition) is 0. The molecule has 0 radical (unpaired) electrons. The molecular formula is C24H25F2N3OS. The zero-order chi connectivity index (χ0) is 21.4. The van der Waals surface area contributed by atoms with E-state index in [0.717, 1.165) is 56.2 Å². The molecule has 2 heterocycles. The van der Waals surface area contributed by atoms with Crippen LogP contribution in [0.3, 0.4) is 0 Å². The summed E-state index contributed by atoms with van der Waals surface area (Å²) in [7, 11) is 0. The predicted octanol–water partition coefficient (Wildman–Crippen LogP) is 4.88. The summed E-state index contributed by atoms with van der Waals surface area (Å²) < 4.78 is 28.4. The molecule has 7 heteroatoms. The number of aryl methyl sites for hydroxylation is 1. The first kappa shape index (κ1) is 20.6. The first-order valence-electron chi connectivity index (χ1n) is 10.9. The van der Waals surface area contributed by atoms with Crippen molar-refractivity contribution in [1.29, 1.82) is 0 Å². The minimum absolute atomic E-state index is 0.0600. The minimum Gasteiger partial charge on any atom is -0.303 e. The van der Waals surface area contributed by atoms with Crippen molar-refractivity contribution in [3.8, 4) is 0 Å². The van der Waals surface area contributed by atoms with E-state index in [1.807, 2.05) is 18.2 Å². The first-order chi connectivity index (χ1) is 15.1. The number of halogens is 2. The van der Waals surface area contributed by atoms with Crippen molar-refractivity contribution in [2.75, 3.05) is 19.6 Å². The van der Waals surface area contributed by atoms with Gasteiger partial charge in [-0.1, -0.05) is 36.0 Å². The molecule has 1 spiro atoms. The third-order valence-electron chi connectivity index (χ3n) is 6.43. The molecule has 1 unspecified atom stereocenters. The van der Waals surface area contributed by atoms with Crippen molar-refractivity contribution in [3.05, 3.63) is 70.8 Å². The maximum Gasteiger partial charge on any atom is 0.244 e. The normalized spacial score (nSPS) is 22.9. The van der Waals surface area contributed by atoms with Gasteiger partial charge in [0, 0.05) is 12.0 Å². The van der Waals surface area contributed by atoms with Gasteiger partial charge in [0.2, 0.25) is 5.91 Å². The van der Waals surface area contributed by atoms with Gasteiger partial charge in [0.1, 0.15) is 21.5 Å². The van der Waals surface area contributed by atoms with E-state index in [1.165, 1.54) is 30.2 Å². The van der Waals surface area contributed by atoms with E-state index in [4.69, 9.17) is 0 Å². The number of hydrogen-bond acceptors (Lipinski definition) is 4. The van der Waals surface area contributed by atoms with Crippen LogP contribution in [0, 0.1) is 11.6 Å². The third-order valence-corrected chi connectivity index (χ3v) is 7.86. The van der Waals surface area contributed by atoms with Crippen molar-refractivity contribution >= 4 is 22.7 Å². The highest BCUT2D eigenvalue weighted by Crippen LogP contribution is 2.55. The Bertz CT molecular complexity index is 1040. The summed E-state index contributed by atoms with van der Waals surface area (Å²) >= 11 is 1.37. The van der Waals surface area contributed by atoms with Crippen LogP contribution in [0.25, 0.3) is 0 Å². The highest BCUT2D eigenvalue weighted by atomic mass is 32.2. The maximum absolute atomic E-state index is 14.5. The largest absolute Gasteiger partial charge is 0.303 e. The van der Waals surface area contributed by atoms with E-state index >= 15 is 0 Å². The van der Waals surface area contributed by atoms with Gasteiger partial charge in [-0.25, -0.2) is 13.8 Å². The Morgan fingerprint density at radius 1 is 1.13 bits per heavy atom. The fourth-order valence-corrected chi connectivity index (χ4v) is 6.32. The van der Waals surface area contributed by atoms with Gasteiger partial charge >= 0.3 is 0 Å². The SMILES string of the molecule is O=C(CCCN1CCCC1)N1N=C(c2cc(F)ccc2F)SC12CCc1ccccc12. The molecule has 1 saturated heterocycles. The van der Waals surface area contributed by atoms with Crippen LogP contribution in [-0.2, 0) is 16.1 Å². The summed E-state index contributed by atoms with van der Waals surface area (Å²) in [5.74, 6) is -1.11. The number of thioether (sulfide) groups is 1. The summed E-state index contributed by atoms with van der Waals surface area (Å²) in [6.45, 7) is 3.11. The summed E-state index contributed by atoms with van der Waals surface area (Å²) in [5, 5.41) is 6.51. The van der Waals surface area contributed by atoms with Gasteiger partial charge in [0.25, 0.3) is 0 Å².